The molecule has 1 fully saturated rings. The van der Waals surface area contributed by atoms with Gasteiger partial charge in [0, 0.05) is 25.2 Å². The summed E-state index contributed by atoms with van der Waals surface area (Å²) < 4.78 is 24.0. The molecule has 2 aromatic rings. The maximum absolute atomic E-state index is 13.3. The van der Waals surface area contributed by atoms with Gasteiger partial charge in [-0.2, -0.15) is 0 Å². The van der Waals surface area contributed by atoms with Gasteiger partial charge in [0.1, 0.15) is 11.6 Å². The third-order valence-corrected chi connectivity index (χ3v) is 4.85. The molecule has 5 heteroatoms. The second kappa shape index (κ2) is 7.66. The van der Waals surface area contributed by atoms with Gasteiger partial charge in [0.2, 0.25) is 0 Å². The summed E-state index contributed by atoms with van der Waals surface area (Å²) in [6.45, 7) is 1.72. The Balaban J connectivity index is 1.79. The maximum Gasteiger partial charge on any atom is 0.255 e. The van der Waals surface area contributed by atoms with E-state index in [4.69, 9.17) is 9.47 Å². The average molecular weight is 343 g/mol. The van der Waals surface area contributed by atoms with E-state index in [0.717, 1.165) is 18.4 Å². The molecule has 0 aromatic heterocycles. The maximum atomic E-state index is 13.3. The Hall–Kier alpha value is -2.40. The number of hydrogen-bond acceptors (Lipinski definition) is 3. The molecule has 0 atom stereocenters. The highest BCUT2D eigenvalue weighted by Crippen LogP contribution is 2.34. The lowest BCUT2D eigenvalue weighted by Crippen LogP contribution is -2.44. The molecule has 0 bridgehead atoms. The van der Waals surface area contributed by atoms with Gasteiger partial charge in [0.05, 0.1) is 12.7 Å². The number of methoxy groups -OCH3 is 1. The number of nitrogens with one attached hydrogen (secondary N) is 1. The van der Waals surface area contributed by atoms with E-state index in [2.05, 4.69) is 5.32 Å². The summed E-state index contributed by atoms with van der Waals surface area (Å²) >= 11 is 0. The van der Waals surface area contributed by atoms with Crippen LogP contribution in [0.15, 0.2) is 48.5 Å². The molecule has 0 saturated carbocycles. The molecule has 4 nitrogen and oxygen atoms in total. The van der Waals surface area contributed by atoms with Gasteiger partial charge in [0.15, 0.2) is 0 Å². The number of rotatable bonds is 5. The van der Waals surface area contributed by atoms with Crippen LogP contribution in [-0.4, -0.2) is 32.8 Å². The molecule has 0 aliphatic carbocycles. The van der Waals surface area contributed by atoms with Gasteiger partial charge in [-0.1, -0.05) is 24.3 Å². The van der Waals surface area contributed by atoms with Gasteiger partial charge in [-0.05, 0) is 42.7 Å². The monoisotopic (exact) mass is 343 g/mol. The second-order valence-electron chi connectivity index (χ2n) is 6.28. The molecule has 1 aliphatic heterocycles. The molecule has 0 radical (unpaired) electrons. The van der Waals surface area contributed by atoms with Crippen LogP contribution < -0.4 is 10.1 Å². The van der Waals surface area contributed by atoms with E-state index in [1.54, 1.807) is 31.4 Å². The number of carbonyl (C=O) groups excluding carboxylic acids is 1. The minimum Gasteiger partial charge on any atom is -0.496 e. The van der Waals surface area contributed by atoms with Crippen molar-refractivity contribution in [2.45, 2.75) is 18.3 Å². The normalized spacial score (nSPS) is 16.2. The van der Waals surface area contributed by atoms with Crippen molar-refractivity contribution >= 4 is 5.91 Å². The standard InChI is InChI=1S/C20H22FNO3/c1-24-18-5-3-2-4-17(18)19(23)22-14-20(10-12-25-13-11-20)15-6-8-16(21)9-7-15/h2-9H,10-14H2,1H3,(H,22,23). The van der Waals surface area contributed by atoms with Crippen LogP contribution in [0.3, 0.4) is 0 Å². The first-order chi connectivity index (χ1) is 12.1. The first-order valence-corrected chi connectivity index (χ1v) is 8.40. The third-order valence-electron chi connectivity index (χ3n) is 4.85. The Morgan fingerprint density at radius 3 is 2.52 bits per heavy atom. The fourth-order valence-corrected chi connectivity index (χ4v) is 3.31. The molecular weight excluding hydrogens is 321 g/mol. The Labute approximate surface area is 147 Å². The topological polar surface area (TPSA) is 47.6 Å². The average Bonchev–Trinajstić information content (AvgIpc) is 2.67. The lowest BCUT2D eigenvalue weighted by Gasteiger charge is -2.38. The molecule has 1 heterocycles. The SMILES string of the molecule is COc1ccccc1C(=O)NCC1(c2ccc(F)cc2)CCOCC1. The van der Waals surface area contributed by atoms with Gasteiger partial charge in [-0.3, -0.25) is 4.79 Å². The van der Waals surface area contributed by atoms with Crippen LogP contribution in [0.2, 0.25) is 0 Å². The Morgan fingerprint density at radius 2 is 1.84 bits per heavy atom. The van der Waals surface area contributed by atoms with Crippen LogP contribution in [0.1, 0.15) is 28.8 Å². The zero-order chi connectivity index (χ0) is 17.7. The van der Waals surface area contributed by atoms with Crippen molar-refractivity contribution in [1.82, 2.24) is 5.32 Å². The summed E-state index contributed by atoms with van der Waals surface area (Å²) in [5, 5.41) is 3.03. The molecule has 25 heavy (non-hydrogen) atoms. The molecule has 1 amide bonds. The van der Waals surface area contributed by atoms with Crippen LogP contribution in [-0.2, 0) is 10.2 Å². The van der Waals surface area contributed by atoms with Crippen molar-refractivity contribution in [3.05, 3.63) is 65.5 Å². The van der Waals surface area contributed by atoms with Crippen LogP contribution in [0.4, 0.5) is 4.39 Å². The minimum absolute atomic E-state index is 0.176. The van der Waals surface area contributed by atoms with Crippen LogP contribution in [0, 0.1) is 5.82 Å². The van der Waals surface area contributed by atoms with Crippen molar-refractivity contribution in [3.8, 4) is 5.75 Å². The van der Waals surface area contributed by atoms with E-state index < -0.39 is 0 Å². The first kappa shape index (κ1) is 17.4. The number of halogens is 1. The summed E-state index contributed by atoms with van der Waals surface area (Å²) in [5.74, 6) is 0.109. The van der Waals surface area contributed by atoms with Crippen LogP contribution >= 0.6 is 0 Å². The number of benzene rings is 2. The minimum atomic E-state index is -0.260. The number of ether oxygens (including phenoxy) is 2. The Bertz CT molecular complexity index is 724. The van der Waals surface area contributed by atoms with Crippen molar-refractivity contribution in [3.63, 3.8) is 0 Å². The molecule has 132 valence electrons. The number of carbonyl (C=O) groups is 1. The van der Waals surface area contributed by atoms with Gasteiger partial charge < -0.3 is 14.8 Å². The van der Waals surface area contributed by atoms with E-state index in [-0.39, 0.29) is 17.1 Å². The van der Waals surface area contributed by atoms with E-state index in [1.807, 2.05) is 12.1 Å². The molecular formula is C20H22FNO3. The van der Waals surface area contributed by atoms with Gasteiger partial charge >= 0.3 is 0 Å². The first-order valence-electron chi connectivity index (χ1n) is 8.40. The highest BCUT2D eigenvalue weighted by molar-refractivity contribution is 5.96. The van der Waals surface area contributed by atoms with Gasteiger partial charge in [-0.25, -0.2) is 4.39 Å². The molecule has 2 aromatic carbocycles. The third kappa shape index (κ3) is 3.82. The molecule has 3 rings (SSSR count). The van der Waals surface area contributed by atoms with Crippen LogP contribution in [0.25, 0.3) is 0 Å². The summed E-state index contributed by atoms with van der Waals surface area (Å²) in [6.07, 6.45) is 1.57. The van der Waals surface area contributed by atoms with E-state index in [0.29, 0.717) is 31.1 Å². The van der Waals surface area contributed by atoms with Gasteiger partial charge in [0.25, 0.3) is 5.91 Å². The summed E-state index contributed by atoms with van der Waals surface area (Å²) in [5.41, 5.74) is 1.28. The van der Waals surface area contributed by atoms with Crippen molar-refractivity contribution < 1.29 is 18.7 Å². The second-order valence-corrected chi connectivity index (χ2v) is 6.28. The Morgan fingerprint density at radius 1 is 1.16 bits per heavy atom. The largest absolute Gasteiger partial charge is 0.496 e. The highest BCUT2D eigenvalue weighted by atomic mass is 19.1. The zero-order valence-corrected chi connectivity index (χ0v) is 14.3. The van der Waals surface area contributed by atoms with E-state index in [9.17, 15) is 9.18 Å². The fourth-order valence-electron chi connectivity index (χ4n) is 3.31. The Kier molecular flexibility index (Phi) is 5.34. The molecule has 0 unspecified atom stereocenters. The smallest absolute Gasteiger partial charge is 0.255 e. The van der Waals surface area contributed by atoms with Crippen molar-refractivity contribution in [2.24, 2.45) is 0 Å². The van der Waals surface area contributed by atoms with Crippen molar-refractivity contribution in [1.29, 1.82) is 0 Å². The molecule has 1 aliphatic rings. The van der Waals surface area contributed by atoms with E-state index >= 15 is 0 Å². The lowest BCUT2D eigenvalue weighted by atomic mass is 9.74. The predicted octanol–water partition coefficient (Wildman–Crippen LogP) is 3.31. The lowest BCUT2D eigenvalue weighted by molar-refractivity contribution is 0.0486. The zero-order valence-electron chi connectivity index (χ0n) is 14.3. The highest BCUT2D eigenvalue weighted by Gasteiger charge is 2.35. The van der Waals surface area contributed by atoms with E-state index in [1.165, 1.54) is 12.1 Å². The molecule has 0 spiro atoms. The van der Waals surface area contributed by atoms with Gasteiger partial charge in [-0.15, -0.1) is 0 Å². The summed E-state index contributed by atoms with van der Waals surface area (Å²) in [7, 11) is 1.55. The van der Waals surface area contributed by atoms with Crippen molar-refractivity contribution in [2.75, 3.05) is 26.9 Å². The fraction of sp³-hybridized carbons (Fsp3) is 0.350. The number of amides is 1. The molecule has 1 N–H and O–H groups in total. The predicted molar refractivity (Wildman–Crippen MR) is 93.5 cm³/mol. The number of hydrogen-bond donors (Lipinski definition) is 1. The quantitative estimate of drug-likeness (QED) is 0.906. The van der Waals surface area contributed by atoms with Crippen LogP contribution in [0.5, 0.6) is 5.75 Å². The molecule has 1 saturated heterocycles. The number of para-hydroxylation sites is 1. The summed E-state index contributed by atoms with van der Waals surface area (Å²) in [6, 6.07) is 13.7. The summed E-state index contributed by atoms with van der Waals surface area (Å²) in [4.78, 5) is 12.6.